The number of likely N-dealkylation sites (tertiary alicyclic amines) is 1. The fraction of sp³-hybridized carbons (Fsp3) is 0.500. The monoisotopic (exact) mass is 345 g/mol. The molecule has 0 spiro atoms. The number of nitrogens with zero attached hydrogens (tertiary/aromatic N) is 3. The summed E-state index contributed by atoms with van der Waals surface area (Å²) in [6.07, 6.45) is 1.62. The van der Waals surface area contributed by atoms with Gasteiger partial charge in [0.1, 0.15) is 5.75 Å². The van der Waals surface area contributed by atoms with Crippen LogP contribution in [0.1, 0.15) is 25.6 Å². The Balaban J connectivity index is 1.54. The summed E-state index contributed by atoms with van der Waals surface area (Å²) in [5, 5.41) is 4.06. The number of hydrogen-bond donors (Lipinski definition) is 0. The Kier molecular flexibility index (Phi) is 5.65. The van der Waals surface area contributed by atoms with Crippen molar-refractivity contribution in [3.8, 4) is 17.2 Å². The summed E-state index contributed by atoms with van der Waals surface area (Å²) in [5.74, 6) is 1.87. The van der Waals surface area contributed by atoms with E-state index in [9.17, 15) is 4.79 Å². The molecule has 25 heavy (non-hydrogen) atoms. The molecule has 0 bridgehead atoms. The minimum atomic E-state index is -0.0801. The zero-order valence-electron chi connectivity index (χ0n) is 14.6. The van der Waals surface area contributed by atoms with Crippen molar-refractivity contribution in [1.29, 1.82) is 0 Å². The van der Waals surface area contributed by atoms with Gasteiger partial charge in [0.25, 0.3) is 5.89 Å². The van der Waals surface area contributed by atoms with Gasteiger partial charge in [-0.2, -0.15) is 4.98 Å². The van der Waals surface area contributed by atoms with Crippen molar-refractivity contribution in [3.63, 3.8) is 0 Å². The van der Waals surface area contributed by atoms with Crippen LogP contribution < -0.4 is 4.74 Å². The molecule has 0 unspecified atom stereocenters. The quantitative estimate of drug-likeness (QED) is 0.744. The number of aromatic nitrogens is 2. The van der Waals surface area contributed by atoms with Crippen molar-refractivity contribution >= 4 is 5.97 Å². The van der Waals surface area contributed by atoms with E-state index in [4.69, 9.17) is 14.0 Å². The van der Waals surface area contributed by atoms with Gasteiger partial charge in [0, 0.05) is 5.56 Å². The number of carbonyl (C=O) groups excluding carboxylic acids is 1. The number of hydrogen-bond acceptors (Lipinski definition) is 7. The Hall–Kier alpha value is -2.41. The molecular formula is C18H23N3O4. The summed E-state index contributed by atoms with van der Waals surface area (Å²) in [6.45, 7) is 4.56. The van der Waals surface area contributed by atoms with Gasteiger partial charge in [-0.15, -0.1) is 0 Å². The number of methoxy groups -OCH3 is 1. The Morgan fingerprint density at radius 1 is 1.28 bits per heavy atom. The molecule has 2 heterocycles. The third kappa shape index (κ3) is 4.36. The molecule has 1 aliphatic heterocycles. The molecule has 0 aliphatic carbocycles. The van der Waals surface area contributed by atoms with E-state index < -0.39 is 0 Å². The summed E-state index contributed by atoms with van der Waals surface area (Å²) >= 11 is 0. The molecule has 0 atom stereocenters. The van der Waals surface area contributed by atoms with Gasteiger partial charge in [-0.25, -0.2) is 0 Å². The van der Waals surface area contributed by atoms with Gasteiger partial charge in [0.2, 0.25) is 0 Å². The van der Waals surface area contributed by atoms with Crippen LogP contribution in [0.15, 0.2) is 28.8 Å². The van der Waals surface area contributed by atoms with Crippen LogP contribution in [0.25, 0.3) is 11.5 Å². The highest BCUT2D eigenvalue weighted by Gasteiger charge is 2.26. The first-order valence-corrected chi connectivity index (χ1v) is 8.55. The lowest BCUT2D eigenvalue weighted by molar-refractivity contribution is -0.149. The Morgan fingerprint density at radius 2 is 2.00 bits per heavy atom. The minimum Gasteiger partial charge on any atom is -0.497 e. The molecule has 0 amide bonds. The van der Waals surface area contributed by atoms with Gasteiger partial charge in [0.15, 0.2) is 5.82 Å². The molecule has 1 aromatic carbocycles. The number of ether oxygens (including phenoxy) is 2. The second-order valence-electron chi connectivity index (χ2n) is 6.05. The normalized spacial score (nSPS) is 15.9. The van der Waals surface area contributed by atoms with Crippen molar-refractivity contribution in [2.75, 3.05) is 26.8 Å². The molecule has 0 radical (unpaired) electrons. The molecule has 1 fully saturated rings. The number of benzene rings is 1. The van der Waals surface area contributed by atoms with Gasteiger partial charge >= 0.3 is 5.97 Å². The van der Waals surface area contributed by atoms with Crippen LogP contribution in [0.2, 0.25) is 0 Å². The molecular weight excluding hydrogens is 322 g/mol. The smallest absolute Gasteiger partial charge is 0.309 e. The molecule has 7 nitrogen and oxygen atoms in total. The number of rotatable bonds is 6. The summed E-state index contributed by atoms with van der Waals surface area (Å²) in [6, 6.07) is 7.50. The van der Waals surface area contributed by atoms with Crippen molar-refractivity contribution in [3.05, 3.63) is 30.1 Å². The summed E-state index contributed by atoms with van der Waals surface area (Å²) in [5.41, 5.74) is 0.862. The van der Waals surface area contributed by atoms with Crippen LogP contribution in [0.5, 0.6) is 5.75 Å². The second kappa shape index (κ2) is 8.11. The van der Waals surface area contributed by atoms with Crippen molar-refractivity contribution < 1.29 is 18.8 Å². The third-order valence-corrected chi connectivity index (χ3v) is 4.38. The van der Waals surface area contributed by atoms with E-state index in [0.29, 0.717) is 24.9 Å². The lowest BCUT2D eigenvalue weighted by Crippen LogP contribution is -2.36. The average molecular weight is 345 g/mol. The van der Waals surface area contributed by atoms with E-state index in [2.05, 4.69) is 15.0 Å². The van der Waals surface area contributed by atoms with Crippen LogP contribution in [0.3, 0.4) is 0 Å². The number of piperidine rings is 1. The van der Waals surface area contributed by atoms with Gasteiger partial charge < -0.3 is 14.0 Å². The van der Waals surface area contributed by atoms with E-state index in [1.807, 2.05) is 31.2 Å². The highest BCUT2D eigenvalue weighted by atomic mass is 16.5. The second-order valence-corrected chi connectivity index (χ2v) is 6.05. The van der Waals surface area contributed by atoms with Crippen molar-refractivity contribution in [2.24, 2.45) is 5.92 Å². The Morgan fingerprint density at radius 3 is 2.64 bits per heavy atom. The van der Waals surface area contributed by atoms with Crippen LogP contribution >= 0.6 is 0 Å². The van der Waals surface area contributed by atoms with Gasteiger partial charge in [-0.3, -0.25) is 9.69 Å². The first kappa shape index (κ1) is 17.4. The zero-order chi connectivity index (χ0) is 17.6. The zero-order valence-corrected chi connectivity index (χ0v) is 14.6. The van der Waals surface area contributed by atoms with Gasteiger partial charge in [0.05, 0.1) is 26.2 Å². The van der Waals surface area contributed by atoms with E-state index in [0.717, 1.165) is 37.2 Å². The van der Waals surface area contributed by atoms with Gasteiger partial charge in [-0.1, -0.05) is 5.16 Å². The van der Waals surface area contributed by atoms with Crippen LogP contribution in [-0.4, -0.2) is 47.8 Å². The minimum absolute atomic E-state index is 0.0105. The number of carbonyl (C=O) groups is 1. The lowest BCUT2D eigenvalue weighted by Gasteiger charge is -2.29. The Labute approximate surface area is 146 Å². The molecule has 1 aromatic heterocycles. The van der Waals surface area contributed by atoms with Crippen molar-refractivity contribution in [1.82, 2.24) is 15.0 Å². The molecule has 3 rings (SSSR count). The highest BCUT2D eigenvalue weighted by Crippen LogP contribution is 2.23. The molecule has 0 saturated carbocycles. The van der Waals surface area contributed by atoms with E-state index in [1.165, 1.54) is 0 Å². The largest absolute Gasteiger partial charge is 0.497 e. The summed E-state index contributed by atoms with van der Waals surface area (Å²) in [4.78, 5) is 18.5. The van der Waals surface area contributed by atoms with Crippen molar-refractivity contribution in [2.45, 2.75) is 26.3 Å². The Bertz CT molecular complexity index is 691. The SMILES string of the molecule is CCOC(=O)C1CCN(Cc2noc(-c3ccc(OC)cc3)n2)CC1. The lowest BCUT2D eigenvalue weighted by atomic mass is 9.97. The maximum Gasteiger partial charge on any atom is 0.309 e. The maximum atomic E-state index is 11.8. The fourth-order valence-electron chi connectivity index (χ4n) is 2.96. The molecule has 1 aliphatic rings. The summed E-state index contributed by atoms with van der Waals surface area (Å²) in [7, 11) is 1.63. The first-order valence-electron chi connectivity index (χ1n) is 8.55. The van der Waals surface area contributed by atoms with E-state index >= 15 is 0 Å². The summed E-state index contributed by atoms with van der Waals surface area (Å²) < 4.78 is 15.6. The van der Waals surface area contributed by atoms with E-state index in [-0.39, 0.29) is 11.9 Å². The predicted octanol–water partition coefficient (Wildman–Crippen LogP) is 2.52. The number of esters is 1. The van der Waals surface area contributed by atoms with Crippen LogP contribution in [0.4, 0.5) is 0 Å². The highest BCUT2D eigenvalue weighted by molar-refractivity contribution is 5.72. The maximum absolute atomic E-state index is 11.8. The molecule has 2 aromatic rings. The average Bonchev–Trinajstić information content (AvgIpc) is 3.11. The fourth-order valence-corrected chi connectivity index (χ4v) is 2.96. The first-order chi connectivity index (χ1) is 12.2. The topological polar surface area (TPSA) is 77.7 Å². The van der Waals surface area contributed by atoms with Crippen LogP contribution in [-0.2, 0) is 16.1 Å². The molecule has 7 heteroatoms. The third-order valence-electron chi connectivity index (χ3n) is 4.38. The van der Waals surface area contributed by atoms with Gasteiger partial charge in [-0.05, 0) is 57.1 Å². The molecule has 0 N–H and O–H groups in total. The molecule has 1 saturated heterocycles. The molecule has 134 valence electrons. The van der Waals surface area contributed by atoms with E-state index in [1.54, 1.807) is 7.11 Å². The van der Waals surface area contributed by atoms with Crippen LogP contribution in [0, 0.1) is 5.92 Å². The standard InChI is InChI=1S/C18H23N3O4/c1-3-24-18(22)14-8-10-21(11-9-14)12-16-19-17(25-20-16)13-4-6-15(23-2)7-5-13/h4-7,14H,3,8-12H2,1-2H3. The predicted molar refractivity (Wildman–Crippen MR) is 90.9 cm³/mol.